The van der Waals surface area contributed by atoms with Gasteiger partial charge in [-0.05, 0) is 67.8 Å². The Bertz CT molecular complexity index is 1640. The molecule has 10 heteroatoms. The van der Waals surface area contributed by atoms with E-state index in [2.05, 4.69) is 14.3 Å². The zero-order valence-corrected chi connectivity index (χ0v) is 20.2. The number of alkyl halides is 2. The summed E-state index contributed by atoms with van der Waals surface area (Å²) in [7, 11) is 0. The third kappa shape index (κ3) is 3.91. The standard InChI is InChI=1S/C26H22F2N4O3S/c1-2-34-26-30-23-21(36-26)14-18(24(33)32(23)16-7-9-17(10-8-16)35-25(27)28)15-6-11-19-20(13-15)31-12-4-3-5-22(31)29-19/h6-11,13-14,25H,2-5,12H2,1H3. The van der Waals surface area contributed by atoms with Gasteiger partial charge < -0.3 is 14.0 Å². The van der Waals surface area contributed by atoms with Crippen LogP contribution in [0.5, 0.6) is 10.9 Å². The zero-order valence-electron chi connectivity index (χ0n) is 19.4. The van der Waals surface area contributed by atoms with Gasteiger partial charge >= 0.3 is 6.61 Å². The van der Waals surface area contributed by atoms with E-state index in [1.165, 1.54) is 28.0 Å². The Morgan fingerprint density at radius 2 is 1.92 bits per heavy atom. The lowest BCUT2D eigenvalue weighted by Crippen LogP contribution is -2.20. The van der Waals surface area contributed by atoms with E-state index in [0.29, 0.717) is 28.7 Å². The summed E-state index contributed by atoms with van der Waals surface area (Å²) >= 11 is 1.35. The molecular weight excluding hydrogens is 486 g/mol. The number of nitrogens with zero attached hydrogens (tertiary/aromatic N) is 4. The fraction of sp³-hybridized carbons (Fsp3) is 0.269. The van der Waals surface area contributed by atoms with Gasteiger partial charge in [-0.2, -0.15) is 13.8 Å². The van der Waals surface area contributed by atoms with Crippen molar-refractivity contribution in [3.63, 3.8) is 0 Å². The van der Waals surface area contributed by atoms with Crippen molar-refractivity contribution in [2.75, 3.05) is 6.61 Å². The van der Waals surface area contributed by atoms with Crippen molar-refractivity contribution < 1.29 is 18.3 Å². The number of rotatable bonds is 6. The lowest BCUT2D eigenvalue weighted by atomic mass is 10.1. The van der Waals surface area contributed by atoms with Gasteiger partial charge in [0.2, 0.25) is 0 Å². The molecule has 2 aromatic carbocycles. The van der Waals surface area contributed by atoms with Crippen molar-refractivity contribution in [2.45, 2.75) is 39.3 Å². The van der Waals surface area contributed by atoms with Gasteiger partial charge in [0, 0.05) is 18.5 Å². The van der Waals surface area contributed by atoms with Gasteiger partial charge in [0.1, 0.15) is 11.6 Å². The summed E-state index contributed by atoms with van der Waals surface area (Å²) < 4.78 is 39.8. The summed E-state index contributed by atoms with van der Waals surface area (Å²) in [6, 6.07) is 13.7. The lowest BCUT2D eigenvalue weighted by molar-refractivity contribution is -0.0498. The molecule has 4 heterocycles. The molecule has 0 N–H and O–H groups in total. The molecule has 0 amide bonds. The zero-order chi connectivity index (χ0) is 24.8. The van der Waals surface area contributed by atoms with Gasteiger partial charge in [0.25, 0.3) is 10.8 Å². The second-order valence-corrected chi connectivity index (χ2v) is 9.51. The number of thiazole rings is 1. The number of aryl methyl sites for hydroxylation is 2. The third-order valence-electron chi connectivity index (χ3n) is 6.29. The molecule has 0 radical (unpaired) electrons. The highest BCUT2D eigenvalue weighted by Gasteiger charge is 2.20. The number of fused-ring (bicyclic) bond motifs is 4. The molecule has 6 rings (SSSR count). The maximum absolute atomic E-state index is 13.9. The smallest absolute Gasteiger partial charge is 0.387 e. The van der Waals surface area contributed by atoms with E-state index in [-0.39, 0.29) is 11.3 Å². The minimum Gasteiger partial charge on any atom is -0.470 e. The predicted molar refractivity (Wildman–Crippen MR) is 135 cm³/mol. The van der Waals surface area contributed by atoms with Crippen molar-refractivity contribution in [1.29, 1.82) is 0 Å². The third-order valence-corrected chi connectivity index (χ3v) is 7.20. The van der Waals surface area contributed by atoms with Crippen LogP contribution in [-0.4, -0.2) is 32.3 Å². The molecule has 0 unspecified atom stereocenters. The van der Waals surface area contributed by atoms with Crippen LogP contribution < -0.4 is 15.0 Å². The number of hydrogen-bond donors (Lipinski definition) is 0. The Morgan fingerprint density at radius 3 is 2.69 bits per heavy atom. The van der Waals surface area contributed by atoms with Gasteiger partial charge in [0.15, 0.2) is 5.65 Å². The average Bonchev–Trinajstić information content (AvgIpc) is 3.44. The molecule has 5 aromatic rings. The number of ether oxygens (including phenoxy) is 2. The van der Waals surface area contributed by atoms with E-state index in [4.69, 9.17) is 9.72 Å². The Morgan fingerprint density at radius 1 is 1.08 bits per heavy atom. The van der Waals surface area contributed by atoms with Gasteiger partial charge in [0.05, 0.1) is 28.0 Å². The number of benzene rings is 2. The van der Waals surface area contributed by atoms with Crippen molar-refractivity contribution in [3.05, 3.63) is 64.7 Å². The van der Waals surface area contributed by atoms with Crippen molar-refractivity contribution >= 4 is 32.7 Å². The first kappa shape index (κ1) is 22.7. The highest BCUT2D eigenvalue weighted by atomic mass is 32.1. The van der Waals surface area contributed by atoms with Crippen LogP contribution in [0.15, 0.2) is 53.3 Å². The Hall–Kier alpha value is -3.79. The minimum atomic E-state index is -2.93. The summed E-state index contributed by atoms with van der Waals surface area (Å²) in [6.07, 6.45) is 3.19. The molecule has 0 saturated heterocycles. The van der Waals surface area contributed by atoms with E-state index >= 15 is 0 Å². The van der Waals surface area contributed by atoms with Crippen LogP contribution in [0.2, 0.25) is 0 Å². The molecule has 0 fully saturated rings. The fourth-order valence-corrected chi connectivity index (χ4v) is 5.61. The summed E-state index contributed by atoms with van der Waals surface area (Å²) in [5.41, 5.74) is 3.89. The van der Waals surface area contributed by atoms with Crippen molar-refractivity contribution in [3.8, 4) is 27.8 Å². The van der Waals surface area contributed by atoms with E-state index < -0.39 is 6.61 Å². The van der Waals surface area contributed by atoms with Crippen LogP contribution in [0.25, 0.3) is 38.2 Å². The predicted octanol–water partition coefficient (Wildman–Crippen LogP) is 5.80. The highest BCUT2D eigenvalue weighted by Crippen LogP contribution is 2.33. The largest absolute Gasteiger partial charge is 0.470 e. The van der Waals surface area contributed by atoms with E-state index in [1.807, 2.05) is 31.2 Å². The van der Waals surface area contributed by atoms with Crippen LogP contribution in [0.4, 0.5) is 8.78 Å². The molecule has 0 aliphatic carbocycles. The van der Waals surface area contributed by atoms with E-state index in [0.717, 1.165) is 52.9 Å². The quantitative estimate of drug-likeness (QED) is 0.290. The van der Waals surface area contributed by atoms with Gasteiger partial charge in [-0.25, -0.2) is 4.98 Å². The van der Waals surface area contributed by atoms with E-state index in [9.17, 15) is 13.6 Å². The first-order chi connectivity index (χ1) is 17.5. The Balaban J connectivity index is 1.54. The molecule has 0 bridgehead atoms. The summed E-state index contributed by atoms with van der Waals surface area (Å²) in [5.74, 6) is 1.09. The van der Waals surface area contributed by atoms with Gasteiger partial charge in [-0.3, -0.25) is 9.36 Å². The van der Waals surface area contributed by atoms with E-state index in [1.54, 1.807) is 12.1 Å². The van der Waals surface area contributed by atoms with Gasteiger partial charge in [-0.15, -0.1) is 0 Å². The Kier molecular flexibility index (Phi) is 5.67. The maximum Gasteiger partial charge on any atom is 0.387 e. The molecule has 0 saturated carbocycles. The Labute approximate surface area is 208 Å². The molecule has 36 heavy (non-hydrogen) atoms. The van der Waals surface area contributed by atoms with Gasteiger partial charge in [-0.1, -0.05) is 17.4 Å². The molecule has 0 atom stereocenters. The van der Waals surface area contributed by atoms with Crippen LogP contribution in [-0.2, 0) is 13.0 Å². The number of hydrogen-bond acceptors (Lipinski definition) is 6. The van der Waals surface area contributed by atoms with Crippen LogP contribution in [0.1, 0.15) is 25.6 Å². The molecule has 3 aromatic heterocycles. The first-order valence-electron chi connectivity index (χ1n) is 11.8. The fourth-order valence-electron chi connectivity index (χ4n) is 4.71. The normalized spacial score (nSPS) is 13.4. The number of imidazole rings is 1. The molecule has 1 aliphatic heterocycles. The average molecular weight is 509 g/mol. The molecule has 0 spiro atoms. The minimum absolute atomic E-state index is 0.0124. The monoisotopic (exact) mass is 508 g/mol. The van der Waals surface area contributed by atoms with Crippen molar-refractivity contribution in [1.82, 2.24) is 19.1 Å². The first-order valence-corrected chi connectivity index (χ1v) is 12.6. The van der Waals surface area contributed by atoms with Crippen LogP contribution >= 0.6 is 11.3 Å². The lowest BCUT2D eigenvalue weighted by Gasteiger charge is -2.14. The molecule has 7 nitrogen and oxygen atoms in total. The summed E-state index contributed by atoms with van der Waals surface area (Å²) in [6.45, 7) is 0.302. The number of aromatic nitrogens is 4. The second kappa shape index (κ2) is 9.02. The highest BCUT2D eigenvalue weighted by molar-refractivity contribution is 7.20. The molecule has 1 aliphatic rings. The van der Waals surface area contributed by atoms with Crippen LogP contribution in [0.3, 0.4) is 0 Å². The number of pyridine rings is 1. The maximum atomic E-state index is 13.9. The summed E-state index contributed by atoms with van der Waals surface area (Å²) in [5, 5.41) is 0.454. The topological polar surface area (TPSA) is 71.2 Å². The number of halogens is 2. The summed E-state index contributed by atoms with van der Waals surface area (Å²) in [4.78, 5) is 23.2. The molecular formula is C26H22F2N4O3S. The SMILES string of the molecule is CCOc1nc2c(cc(-c3ccc4nc5n(c4c3)CCCC5)c(=O)n2-c2ccc(OC(F)F)cc2)s1. The van der Waals surface area contributed by atoms with Crippen LogP contribution in [0, 0.1) is 0 Å². The molecule has 184 valence electrons. The van der Waals surface area contributed by atoms with Crippen molar-refractivity contribution in [2.24, 2.45) is 0 Å². The second-order valence-electron chi connectivity index (χ2n) is 8.51.